The van der Waals surface area contributed by atoms with Gasteiger partial charge < -0.3 is 5.32 Å². The first-order valence-corrected chi connectivity index (χ1v) is 8.65. The second-order valence-corrected chi connectivity index (χ2v) is 6.81. The number of thiophene rings is 1. The Morgan fingerprint density at radius 3 is 2.81 bits per heavy atom. The number of alkyl halides is 1. The molecule has 0 atom stereocenters. The fourth-order valence-corrected chi connectivity index (χ4v) is 4.03. The van der Waals surface area contributed by atoms with Crippen LogP contribution in [0.1, 0.15) is 44.1 Å². The summed E-state index contributed by atoms with van der Waals surface area (Å²) in [5.74, 6) is 0.532. The van der Waals surface area contributed by atoms with E-state index in [0.717, 1.165) is 28.8 Å². The number of carbonyl (C=O) groups is 1. The van der Waals surface area contributed by atoms with Crippen molar-refractivity contribution in [1.29, 1.82) is 0 Å². The molecular formula is C17H18ClNOS. The van der Waals surface area contributed by atoms with Gasteiger partial charge in [0, 0.05) is 17.3 Å². The van der Waals surface area contributed by atoms with Gasteiger partial charge >= 0.3 is 0 Å². The van der Waals surface area contributed by atoms with Gasteiger partial charge in [0.05, 0.1) is 4.88 Å². The fraction of sp³-hybridized carbons (Fsp3) is 0.353. The Balaban J connectivity index is 1.64. The third-order valence-electron chi connectivity index (χ3n) is 3.82. The van der Waals surface area contributed by atoms with Crippen molar-refractivity contribution in [1.82, 2.24) is 5.32 Å². The van der Waals surface area contributed by atoms with E-state index in [0.29, 0.717) is 12.4 Å². The fourth-order valence-electron chi connectivity index (χ4n) is 2.69. The van der Waals surface area contributed by atoms with Crippen LogP contribution < -0.4 is 5.32 Å². The number of amides is 1. The Morgan fingerprint density at radius 2 is 2.00 bits per heavy atom. The van der Waals surface area contributed by atoms with Crippen molar-refractivity contribution in [3.05, 3.63) is 56.8 Å². The minimum Gasteiger partial charge on any atom is -0.347 e. The van der Waals surface area contributed by atoms with E-state index in [2.05, 4.69) is 11.4 Å². The summed E-state index contributed by atoms with van der Waals surface area (Å²) in [7, 11) is 0. The van der Waals surface area contributed by atoms with Gasteiger partial charge in [0.25, 0.3) is 5.91 Å². The number of aryl methyl sites for hydroxylation is 2. The van der Waals surface area contributed by atoms with Gasteiger partial charge in [-0.25, -0.2) is 0 Å². The molecule has 0 aliphatic heterocycles. The topological polar surface area (TPSA) is 29.1 Å². The molecule has 0 fully saturated rings. The summed E-state index contributed by atoms with van der Waals surface area (Å²) in [6.45, 7) is 0.548. The first-order chi connectivity index (χ1) is 10.3. The minimum atomic E-state index is 0.0330. The van der Waals surface area contributed by atoms with Crippen molar-refractivity contribution >= 4 is 28.8 Å². The molecule has 0 saturated carbocycles. The first kappa shape index (κ1) is 14.6. The highest BCUT2D eigenvalue weighted by molar-refractivity contribution is 7.14. The molecule has 110 valence electrons. The van der Waals surface area contributed by atoms with E-state index in [-0.39, 0.29) is 5.91 Å². The molecule has 3 rings (SSSR count). The van der Waals surface area contributed by atoms with Crippen LogP contribution in [-0.2, 0) is 25.3 Å². The Bertz CT molecular complexity index is 626. The summed E-state index contributed by atoms with van der Waals surface area (Å²) in [5, 5.41) is 3.00. The second-order valence-electron chi connectivity index (χ2n) is 5.40. The molecule has 0 bridgehead atoms. The molecule has 1 heterocycles. The van der Waals surface area contributed by atoms with Gasteiger partial charge in [-0.15, -0.1) is 22.9 Å². The average Bonchev–Trinajstić information content (AvgIpc) is 2.97. The quantitative estimate of drug-likeness (QED) is 0.837. The summed E-state index contributed by atoms with van der Waals surface area (Å²) < 4.78 is 0. The van der Waals surface area contributed by atoms with Crippen LogP contribution in [0.25, 0.3) is 0 Å². The second kappa shape index (κ2) is 6.63. The number of fused-ring (bicyclic) bond motifs is 1. The lowest BCUT2D eigenvalue weighted by atomic mass is 9.99. The molecule has 1 N–H and O–H groups in total. The standard InChI is InChI=1S/C17H18ClNOS/c18-10-12-4-3-5-13(8-12)11-19-17(20)16-9-14-6-1-2-7-15(14)21-16/h3-5,8-9H,1-2,6-7,10-11H2,(H,19,20). The Kier molecular flexibility index (Phi) is 4.61. The van der Waals surface area contributed by atoms with Crippen LogP contribution in [0.3, 0.4) is 0 Å². The van der Waals surface area contributed by atoms with Crippen molar-refractivity contribution in [2.24, 2.45) is 0 Å². The molecule has 0 spiro atoms. The van der Waals surface area contributed by atoms with Crippen molar-refractivity contribution in [2.45, 2.75) is 38.1 Å². The van der Waals surface area contributed by atoms with Gasteiger partial charge in [-0.2, -0.15) is 0 Å². The molecule has 21 heavy (non-hydrogen) atoms. The Morgan fingerprint density at radius 1 is 1.19 bits per heavy atom. The monoisotopic (exact) mass is 319 g/mol. The van der Waals surface area contributed by atoms with E-state index in [1.807, 2.05) is 24.3 Å². The number of hydrogen-bond donors (Lipinski definition) is 1. The highest BCUT2D eigenvalue weighted by Gasteiger charge is 2.16. The molecule has 2 nitrogen and oxygen atoms in total. The lowest BCUT2D eigenvalue weighted by molar-refractivity contribution is 0.0955. The van der Waals surface area contributed by atoms with E-state index in [4.69, 9.17) is 11.6 Å². The van der Waals surface area contributed by atoms with Gasteiger partial charge in [0.1, 0.15) is 0 Å². The largest absolute Gasteiger partial charge is 0.347 e. The lowest BCUT2D eigenvalue weighted by Gasteiger charge is -2.08. The van der Waals surface area contributed by atoms with Crippen molar-refractivity contribution in [3.8, 4) is 0 Å². The third kappa shape index (κ3) is 3.47. The first-order valence-electron chi connectivity index (χ1n) is 7.30. The van der Waals surface area contributed by atoms with Crippen LogP contribution in [0.2, 0.25) is 0 Å². The van der Waals surface area contributed by atoms with Gasteiger partial charge in [0.15, 0.2) is 0 Å². The number of benzene rings is 1. The summed E-state index contributed by atoms with van der Waals surface area (Å²) in [6.07, 6.45) is 4.75. The van der Waals surface area contributed by atoms with E-state index >= 15 is 0 Å². The van der Waals surface area contributed by atoms with Gasteiger partial charge in [-0.05, 0) is 48.4 Å². The Hall–Kier alpha value is -1.32. The normalized spacial score (nSPS) is 13.8. The van der Waals surface area contributed by atoms with Gasteiger partial charge in [0.2, 0.25) is 0 Å². The maximum atomic E-state index is 12.3. The number of rotatable bonds is 4. The van der Waals surface area contributed by atoms with Crippen LogP contribution in [0.4, 0.5) is 0 Å². The summed E-state index contributed by atoms with van der Waals surface area (Å²) in [5.41, 5.74) is 3.54. The molecule has 0 saturated heterocycles. The van der Waals surface area contributed by atoms with Crippen molar-refractivity contribution < 1.29 is 4.79 Å². The molecular weight excluding hydrogens is 302 g/mol. The predicted octanol–water partition coefficient (Wildman–Crippen LogP) is 4.30. The lowest BCUT2D eigenvalue weighted by Crippen LogP contribution is -2.21. The van der Waals surface area contributed by atoms with E-state index in [9.17, 15) is 4.79 Å². The molecule has 2 aromatic rings. The molecule has 1 aliphatic carbocycles. The SMILES string of the molecule is O=C(NCc1cccc(CCl)c1)c1cc2c(s1)CCCC2. The van der Waals surface area contributed by atoms with Crippen LogP contribution >= 0.6 is 22.9 Å². The van der Waals surface area contributed by atoms with Crippen LogP contribution in [0.5, 0.6) is 0 Å². The van der Waals surface area contributed by atoms with Gasteiger partial charge in [-0.3, -0.25) is 4.79 Å². The number of halogens is 1. The number of nitrogens with one attached hydrogen (secondary N) is 1. The zero-order valence-corrected chi connectivity index (χ0v) is 13.4. The smallest absolute Gasteiger partial charge is 0.261 e. The molecule has 1 aromatic carbocycles. The summed E-state index contributed by atoms with van der Waals surface area (Å²) in [6, 6.07) is 10.1. The maximum Gasteiger partial charge on any atom is 0.261 e. The average molecular weight is 320 g/mol. The predicted molar refractivity (Wildman–Crippen MR) is 88.1 cm³/mol. The van der Waals surface area contributed by atoms with E-state index < -0.39 is 0 Å². The minimum absolute atomic E-state index is 0.0330. The summed E-state index contributed by atoms with van der Waals surface area (Å²) >= 11 is 7.48. The van der Waals surface area contributed by atoms with Crippen molar-refractivity contribution in [2.75, 3.05) is 0 Å². The van der Waals surface area contributed by atoms with Crippen LogP contribution in [0, 0.1) is 0 Å². The molecule has 1 amide bonds. The third-order valence-corrected chi connectivity index (χ3v) is 5.36. The molecule has 1 aromatic heterocycles. The maximum absolute atomic E-state index is 12.3. The highest BCUT2D eigenvalue weighted by atomic mass is 35.5. The molecule has 0 radical (unpaired) electrons. The number of carbonyl (C=O) groups excluding carboxylic acids is 1. The number of hydrogen-bond acceptors (Lipinski definition) is 2. The molecule has 0 unspecified atom stereocenters. The highest BCUT2D eigenvalue weighted by Crippen LogP contribution is 2.29. The van der Waals surface area contributed by atoms with Crippen LogP contribution in [-0.4, -0.2) is 5.91 Å². The Labute approximate surface area is 134 Å². The van der Waals surface area contributed by atoms with Crippen LogP contribution in [0.15, 0.2) is 30.3 Å². The van der Waals surface area contributed by atoms with E-state index in [1.165, 1.54) is 23.3 Å². The molecule has 4 heteroatoms. The van der Waals surface area contributed by atoms with E-state index in [1.54, 1.807) is 11.3 Å². The zero-order chi connectivity index (χ0) is 14.7. The van der Waals surface area contributed by atoms with Crippen molar-refractivity contribution in [3.63, 3.8) is 0 Å². The van der Waals surface area contributed by atoms with Gasteiger partial charge in [-0.1, -0.05) is 24.3 Å². The molecule has 1 aliphatic rings. The zero-order valence-electron chi connectivity index (χ0n) is 11.8. The summed E-state index contributed by atoms with van der Waals surface area (Å²) in [4.78, 5) is 14.5.